The van der Waals surface area contributed by atoms with Crippen molar-refractivity contribution in [3.8, 4) is 0 Å². The first-order chi connectivity index (χ1) is 14.8. The molecule has 0 atom stereocenters. The number of fused-ring (bicyclic) bond motifs is 1. The van der Waals surface area contributed by atoms with Crippen molar-refractivity contribution < 1.29 is 17.6 Å². The van der Waals surface area contributed by atoms with E-state index in [4.69, 9.17) is 11.6 Å². The molecular formula is C20H18ClFN4O4S. The van der Waals surface area contributed by atoms with Gasteiger partial charge in [0, 0.05) is 26.2 Å². The average Bonchev–Trinajstić information content (AvgIpc) is 2.77. The number of benzene rings is 2. The first-order valence-electron chi connectivity index (χ1n) is 9.44. The number of hydrogen-bond acceptors (Lipinski definition) is 5. The number of aromatic nitrogens is 2. The summed E-state index contributed by atoms with van der Waals surface area (Å²) in [7, 11) is -3.86. The van der Waals surface area contributed by atoms with Crippen molar-refractivity contribution >= 4 is 38.4 Å². The summed E-state index contributed by atoms with van der Waals surface area (Å²) in [5.41, 5.74) is 0.240. The van der Waals surface area contributed by atoms with Gasteiger partial charge in [-0.3, -0.25) is 14.2 Å². The summed E-state index contributed by atoms with van der Waals surface area (Å²) in [6.07, 6.45) is 1.33. The average molecular weight is 465 g/mol. The fourth-order valence-electron chi connectivity index (χ4n) is 3.43. The minimum absolute atomic E-state index is 0.0773. The minimum Gasteiger partial charge on any atom is -0.338 e. The van der Waals surface area contributed by atoms with Gasteiger partial charge in [-0.05, 0) is 30.3 Å². The van der Waals surface area contributed by atoms with Crippen molar-refractivity contribution in [2.45, 2.75) is 11.4 Å². The van der Waals surface area contributed by atoms with Crippen molar-refractivity contribution in [1.82, 2.24) is 18.8 Å². The minimum atomic E-state index is -3.86. The van der Waals surface area contributed by atoms with Gasteiger partial charge in [-0.15, -0.1) is 0 Å². The van der Waals surface area contributed by atoms with E-state index >= 15 is 0 Å². The molecule has 0 saturated carbocycles. The highest BCUT2D eigenvalue weighted by Crippen LogP contribution is 2.23. The molecule has 3 aromatic rings. The van der Waals surface area contributed by atoms with Crippen LogP contribution in [0.1, 0.15) is 0 Å². The van der Waals surface area contributed by atoms with Gasteiger partial charge >= 0.3 is 0 Å². The zero-order valence-electron chi connectivity index (χ0n) is 16.2. The Morgan fingerprint density at radius 3 is 2.52 bits per heavy atom. The molecule has 1 aliphatic heterocycles. The van der Waals surface area contributed by atoms with Gasteiger partial charge < -0.3 is 4.90 Å². The second-order valence-electron chi connectivity index (χ2n) is 7.06. The van der Waals surface area contributed by atoms with Crippen LogP contribution in [0.5, 0.6) is 0 Å². The standard InChI is InChI=1S/C20H18ClFN4O4S/c21-16-11-14(5-6-17(16)22)31(29,30)26-9-7-24(8-10-26)19(27)12-25-13-23-18-4-2-1-3-15(18)20(25)28/h1-6,11,13H,7-10,12H2. The number of carbonyl (C=O) groups excluding carboxylic acids is 1. The van der Waals surface area contributed by atoms with Crippen molar-refractivity contribution in [3.05, 3.63) is 70.0 Å². The van der Waals surface area contributed by atoms with E-state index in [2.05, 4.69) is 4.98 Å². The molecule has 1 amide bonds. The molecule has 0 N–H and O–H groups in total. The number of halogens is 2. The highest BCUT2D eigenvalue weighted by Gasteiger charge is 2.30. The lowest BCUT2D eigenvalue weighted by Gasteiger charge is -2.34. The van der Waals surface area contributed by atoms with E-state index in [1.54, 1.807) is 24.3 Å². The maximum absolute atomic E-state index is 13.3. The molecule has 0 aliphatic carbocycles. The van der Waals surface area contributed by atoms with Crippen LogP contribution in [-0.4, -0.2) is 59.3 Å². The van der Waals surface area contributed by atoms with Crippen LogP contribution in [0, 0.1) is 5.82 Å². The Labute approximate surface area is 182 Å². The predicted molar refractivity (Wildman–Crippen MR) is 113 cm³/mol. The van der Waals surface area contributed by atoms with E-state index in [-0.39, 0.29) is 54.1 Å². The van der Waals surface area contributed by atoms with Gasteiger partial charge in [0.1, 0.15) is 12.4 Å². The van der Waals surface area contributed by atoms with E-state index in [1.807, 2.05) is 0 Å². The monoisotopic (exact) mass is 464 g/mol. The molecule has 162 valence electrons. The Hall–Kier alpha value is -2.82. The summed E-state index contributed by atoms with van der Waals surface area (Å²) in [6.45, 7) is 0.310. The van der Waals surface area contributed by atoms with E-state index in [9.17, 15) is 22.4 Å². The van der Waals surface area contributed by atoms with Gasteiger partial charge in [0.15, 0.2) is 0 Å². The Kier molecular flexibility index (Phi) is 5.78. The van der Waals surface area contributed by atoms with Gasteiger partial charge in [0.25, 0.3) is 5.56 Å². The number of sulfonamides is 1. The van der Waals surface area contributed by atoms with Crippen LogP contribution in [0.25, 0.3) is 10.9 Å². The smallest absolute Gasteiger partial charge is 0.261 e. The number of amides is 1. The summed E-state index contributed by atoms with van der Waals surface area (Å²) in [5, 5.41) is 0.149. The van der Waals surface area contributed by atoms with Crippen LogP contribution < -0.4 is 5.56 Å². The summed E-state index contributed by atoms with van der Waals surface area (Å²) >= 11 is 5.71. The number of nitrogens with zero attached hydrogens (tertiary/aromatic N) is 4. The molecule has 8 nitrogen and oxygen atoms in total. The fraction of sp³-hybridized carbons (Fsp3) is 0.250. The van der Waals surface area contributed by atoms with Crippen LogP contribution in [0.15, 0.2) is 58.5 Å². The number of carbonyl (C=O) groups is 1. The maximum atomic E-state index is 13.3. The SMILES string of the molecule is O=C(Cn1cnc2ccccc2c1=O)N1CCN(S(=O)(=O)c2ccc(F)c(Cl)c2)CC1. The lowest BCUT2D eigenvalue weighted by Crippen LogP contribution is -2.51. The third kappa shape index (κ3) is 4.18. The zero-order valence-corrected chi connectivity index (χ0v) is 17.8. The molecule has 2 aromatic carbocycles. The number of rotatable bonds is 4. The Morgan fingerprint density at radius 1 is 1.10 bits per heavy atom. The van der Waals surface area contributed by atoms with Gasteiger partial charge in [-0.2, -0.15) is 4.31 Å². The molecular weight excluding hydrogens is 447 g/mol. The second kappa shape index (κ2) is 8.37. The molecule has 11 heteroatoms. The van der Waals surface area contributed by atoms with Crippen LogP contribution in [0.2, 0.25) is 5.02 Å². The molecule has 2 heterocycles. The van der Waals surface area contributed by atoms with E-state index in [1.165, 1.54) is 20.1 Å². The molecule has 1 aromatic heterocycles. The molecule has 1 fully saturated rings. The molecule has 0 spiro atoms. The normalized spacial score (nSPS) is 15.4. The predicted octanol–water partition coefficient (Wildman–Crippen LogP) is 1.72. The molecule has 0 bridgehead atoms. The van der Waals surface area contributed by atoms with Crippen molar-refractivity contribution in [2.75, 3.05) is 26.2 Å². The quantitative estimate of drug-likeness (QED) is 0.586. The lowest BCUT2D eigenvalue weighted by molar-refractivity contribution is -0.133. The summed E-state index contributed by atoms with van der Waals surface area (Å²) in [5.74, 6) is -1.00. The molecule has 0 radical (unpaired) electrons. The van der Waals surface area contributed by atoms with Gasteiger partial charge in [-0.25, -0.2) is 17.8 Å². The molecule has 1 saturated heterocycles. The van der Waals surface area contributed by atoms with E-state index in [0.29, 0.717) is 10.9 Å². The zero-order chi connectivity index (χ0) is 22.2. The maximum Gasteiger partial charge on any atom is 0.261 e. The number of hydrogen-bond donors (Lipinski definition) is 0. The lowest BCUT2D eigenvalue weighted by atomic mass is 10.2. The molecule has 4 rings (SSSR count). The van der Waals surface area contributed by atoms with Crippen molar-refractivity contribution in [3.63, 3.8) is 0 Å². The van der Waals surface area contributed by atoms with E-state index < -0.39 is 15.8 Å². The summed E-state index contributed by atoms with van der Waals surface area (Å²) in [4.78, 5) is 30.8. The highest BCUT2D eigenvalue weighted by atomic mass is 35.5. The Bertz CT molecular complexity index is 1320. The van der Waals surface area contributed by atoms with Crippen LogP contribution >= 0.6 is 11.6 Å². The highest BCUT2D eigenvalue weighted by molar-refractivity contribution is 7.89. The third-order valence-corrected chi connectivity index (χ3v) is 7.34. The second-order valence-corrected chi connectivity index (χ2v) is 9.40. The van der Waals surface area contributed by atoms with Gasteiger partial charge in [-0.1, -0.05) is 23.7 Å². The summed E-state index contributed by atoms with van der Waals surface area (Å²) in [6, 6.07) is 10.1. The van der Waals surface area contributed by atoms with Crippen LogP contribution in [-0.2, 0) is 21.4 Å². The van der Waals surface area contributed by atoms with Crippen LogP contribution in [0.4, 0.5) is 4.39 Å². The van der Waals surface area contributed by atoms with Crippen LogP contribution in [0.3, 0.4) is 0 Å². The third-order valence-electron chi connectivity index (χ3n) is 5.16. The topological polar surface area (TPSA) is 92.6 Å². The number of para-hydroxylation sites is 1. The summed E-state index contributed by atoms with van der Waals surface area (Å²) < 4.78 is 41.4. The molecule has 31 heavy (non-hydrogen) atoms. The first-order valence-corrected chi connectivity index (χ1v) is 11.3. The molecule has 1 aliphatic rings. The number of piperazine rings is 1. The molecule has 0 unspecified atom stereocenters. The van der Waals surface area contributed by atoms with Crippen molar-refractivity contribution in [2.24, 2.45) is 0 Å². The van der Waals surface area contributed by atoms with Gasteiger partial charge in [0.2, 0.25) is 15.9 Å². The van der Waals surface area contributed by atoms with E-state index in [0.717, 1.165) is 18.2 Å². The fourth-order valence-corrected chi connectivity index (χ4v) is 5.12. The Morgan fingerprint density at radius 2 is 1.81 bits per heavy atom. The largest absolute Gasteiger partial charge is 0.338 e. The Balaban J connectivity index is 1.44. The van der Waals surface area contributed by atoms with Crippen molar-refractivity contribution in [1.29, 1.82) is 0 Å². The van der Waals surface area contributed by atoms with Gasteiger partial charge in [0.05, 0.1) is 27.1 Å². The first kappa shape index (κ1) is 21.4.